The van der Waals surface area contributed by atoms with Crippen LogP contribution in [0, 0.1) is 5.92 Å². The molecule has 0 aliphatic carbocycles. The van der Waals surface area contributed by atoms with Crippen LogP contribution in [0.2, 0.25) is 0 Å². The van der Waals surface area contributed by atoms with E-state index in [9.17, 15) is 0 Å². The van der Waals surface area contributed by atoms with E-state index in [0.29, 0.717) is 29.7 Å². The van der Waals surface area contributed by atoms with E-state index in [4.69, 9.17) is 18.9 Å². The van der Waals surface area contributed by atoms with Gasteiger partial charge in [0.1, 0.15) is 0 Å². The van der Waals surface area contributed by atoms with Gasteiger partial charge in [-0.25, -0.2) is 0 Å². The molecule has 1 rings (SSSR count). The lowest BCUT2D eigenvalue weighted by Gasteiger charge is -2.16. The summed E-state index contributed by atoms with van der Waals surface area (Å²) in [5, 5.41) is 6.56. The zero-order valence-electron chi connectivity index (χ0n) is 16.8. The number of methoxy groups -OCH3 is 3. The lowest BCUT2D eigenvalue weighted by Crippen LogP contribution is -2.37. The Hall–Kier alpha value is -2.15. The average Bonchev–Trinajstić information content (AvgIpc) is 2.65. The van der Waals surface area contributed by atoms with Crippen molar-refractivity contribution in [1.82, 2.24) is 10.6 Å². The molecule has 0 aliphatic heterocycles. The molecule has 0 unspecified atom stereocenters. The summed E-state index contributed by atoms with van der Waals surface area (Å²) in [6.45, 7) is 7.22. The Bertz CT molecular complexity index is 537. The Labute approximate surface area is 157 Å². The van der Waals surface area contributed by atoms with E-state index in [-0.39, 0.29) is 0 Å². The van der Waals surface area contributed by atoms with Gasteiger partial charge in [-0.05, 0) is 30.0 Å². The summed E-state index contributed by atoms with van der Waals surface area (Å²) in [6, 6.07) is 3.84. The third-order valence-corrected chi connectivity index (χ3v) is 3.62. The van der Waals surface area contributed by atoms with Gasteiger partial charge in [0.25, 0.3) is 0 Å². The van der Waals surface area contributed by atoms with Gasteiger partial charge < -0.3 is 29.6 Å². The highest BCUT2D eigenvalue weighted by atomic mass is 16.5. The number of aliphatic imine (C=N–C) groups is 1. The van der Waals surface area contributed by atoms with Gasteiger partial charge in [-0.2, -0.15) is 0 Å². The molecule has 2 N–H and O–H groups in total. The van der Waals surface area contributed by atoms with Crippen LogP contribution in [0.5, 0.6) is 17.2 Å². The number of nitrogens with one attached hydrogen (secondary N) is 2. The Kier molecular flexibility index (Phi) is 10.3. The molecular weight excluding hydrogens is 334 g/mol. The van der Waals surface area contributed by atoms with Crippen LogP contribution >= 0.6 is 0 Å². The third kappa shape index (κ3) is 7.39. The number of hydrogen-bond donors (Lipinski definition) is 2. The number of ether oxygens (including phenoxy) is 4. The molecule has 0 spiro atoms. The van der Waals surface area contributed by atoms with Crippen LogP contribution in [0.25, 0.3) is 0 Å². The van der Waals surface area contributed by atoms with Crippen LogP contribution in [-0.2, 0) is 11.3 Å². The third-order valence-electron chi connectivity index (χ3n) is 3.62. The summed E-state index contributed by atoms with van der Waals surface area (Å²) < 4.78 is 21.7. The van der Waals surface area contributed by atoms with Gasteiger partial charge in [0, 0.05) is 33.4 Å². The maximum absolute atomic E-state index is 5.57. The molecule has 7 nitrogen and oxygen atoms in total. The largest absolute Gasteiger partial charge is 0.493 e. The highest BCUT2D eigenvalue weighted by Gasteiger charge is 2.13. The monoisotopic (exact) mass is 367 g/mol. The van der Waals surface area contributed by atoms with Crippen molar-refractivity contribution in [3.63, 3.8) is 0 Å². The molecular formula is C19H33N3O4. The van der Waals surface area contributed by atoms with Crippen LogP contribution in [0.3, 0.4) is 0 Å². The van der Waals surface area contributed by atoms with Gasteiger partial charge in [-0.15, -0.1) is 0 Å². The predicted octanol–water partition coefficient (Wildman–Crippen LogP) is 2.44. The molecule has 0 aliphatic rings. The molecule has 0 amide bonds. The van der Waals surface area contributed by atoms with E-state index in [2.05, 4.69) is 29.5 Å². The first-order valence-electron chi connectivity index (χ1n) is 8.86. The molecule has 148 valence electrons. The van der Waals surface area contributed by atoms with E-state index in [1.54, 1.807) is 28.4 Å². The number of hydrogen-bond acceptors (Lipinski definition) is 5. The summed E-state index contributed by atoms with van der Waals surface area (Å²) in [5.41, 5.74) is 1.00. The quantitative estimate of drug-likeness (QED) is 0.356. The summed E-state index contributed by atoms with van der Waals surface area (Å²) in [5.74, 6) is 3.16. The van der Waals surface area contributed by atoms with E-state index in [1.165, 1.54) is 0 Å². The second-order valence-electron chi connectivity index (χ2n) is 6.21. The van der Waals surface area contributed by atoms with Crippen molar-refractivity contribution in [3.8, 4) is 17.2 Å². The van der Waals surface area contributed by atoms with Crippen molar-refractivity contribution in [2.24, 2.45) is 10.9 Å². The summed E-state index contributed by atoms with van der Waals surface area (Å²) in [6.07, 6.45) is 0.928. The summed E-state index contributed by atoms with van der Waals surface area (Å²) in [7, 11) is 6.56. The summed E-state index contributed by atoms with van der Waals surface area (Å²) >= 11 is 0. The maximum Gasteiger partial charge on any atom is 0.203 e. The molecule has 0 radical (unpaired) electrons. The van der Waals surface area contributed by atoms with Gasteiger partial charge in [0.2, 0.25) is 5.75 Å². The standard InChI is InChI=1S/C19H33N3O4/c1-14(2)13-26-9-7-8-21-19(20-3)22-12-15-10-16(23-4)18(25-6)17(11-15)24-5/h10-11,14H,7-9,12-13H2,1-6H3,(H2,20,21,22). The van der Waals surface area contributed by atoms with Crippen LogP contribution in [-0.4, -0.2) is 54.1 Å². The molecule has 0 bridgehead atoms. The first-order valence-corrected chi connectivity index (χ1v) is 8.86. The molecule has 0 fully saturated rings. The lowest BCUT2D eigenvalue weighted by atomic mass is 10.2. The van der Waals surface area contributed by atoms with Gasteiger partial charge in [-0.1, -0.05) is 13.8 Å². The Morgan fingerprint density at radius 1 is 1.04 bits per heavy atom. The molecule has 0 saturated heterocycles. The molecule has 0 atom stereocenters. The van der Waals surface area contributed by atoms with Gasteiger partial charge >= 0.3 is 0 Å². The molecule has 1 aromatic rings. The lowest BCUT2D eigenvalue weighted by molar-refractivity contribution is 0.108. The fraction of sp³-hybridized carbons (Fsp3) is 0.632. The van der Waals surface area contributed by atoms with Crippen molar-refractivity contribution >= 4 is 5.96 Å². The number of rotatable bonds is 11. The minimum atomic E-state index is 0.566. The minimum Gasteiger partial charge on any atom is -0.493 e. The van der Waals surface area contributed by atoms with Crippen molar-refractivity contribution in [1.29, 1.82) is 0 Å². The molecule has 0 saturated carbocycles. The highest BCUT2D eigenvalue weighted by molar-refractivity contribution is 5.79. The second kappa shape index (κ2) is 12.2. The van der Waals surface area contributed by atoms with Crippen molar-refractivity contribution in [3.05, 3.63) is 17.7 Å². The molecule has 0 aromatic heterocycles. The highest BCUT2D eigenvalue weighted by Crippen LogP contribution is 2.38. The minimum absolute atomic E-state index is 0.566. The van der Waals surface area contributed by atoms with E-state index in [0.717, 1.165) is 37.7 Å². The Morgan fingerprint density at radius 3 is 2.19 bits per heavy atom. The van der Waals surface area contributed by atoms with E-state index < -0.39 is 0 Å². The predicted molar refractivity (Wildman–Crippen MR) is 105 cm³/mol. The van der Waals surface area contributed by atoms with Crippen LogP contribution in [0.15, 0.2) is 17.1 Å². The van der Waals surface area contributed by atoms with Gasteiger partial charge in [0.05, 0.1) is 21.3 Å². The maximum atomic E-state index is 5.57. The number of nitrogens with zero attached hydrogens (tertiary/aromatic N) is 1. The Balaban J connectivity index is 2.50. The fourth-order valence-electron chi connectivity index (χ4n) is 2.34. The molecule has 1 aromatic carbocycles. The smallest absolute Gasteiger partial charge is 0.203 e. The topological polar surface area (TPSA) is 73.3 Å². The van der Waals surface area contributed by atoms with Crippen LogP contribution in [0.4, 0.5) is 0 Å². The number of benzene rings is 1. The van der Waals surface area contributed by atoms with E-state index >= 15 is 0 Å². The summed E-state index contributed by atoms with van der Waals surface area (Å²) in [4.78, 5) is 4.23. The van der Waals surface area contributed by atoms with E-state index in [1.807, 2.05) is 12.1 Å². The van der Waals surface area contributed by atoms with Crippen molar-refractivity contribution < 1.29 is 18.9 Å². The van der Waals surface area contributed by atoms with Gasteiger partial charge in [-0.3, -0.25) is 4.99 Å². The molecule has 0 heterocycles. The normalized spacial score (nSPS) is 11.4. The van der Waals surface area contributed by atoms with Crippen LogP contribution < -0.4 is 24.8 Å². The second-order valence-corrected chi connectivity index (χ2v) is 6.21. The van der Waals surface area contributed by atoms with Crippen LogP contribution in [0.1, 0.15) is 25.8 Å². The number of guanidine groups is 1. The SMILES string of the molecule is CN=C(NCCCOCC(C)C)NCc1cc(OC)c(OC)c(OC)c1. The zero-order chi connectivity index (χ0) is 19.4. The molecule has 7 heteroatoms. The fourth-order valence-corrected chi connectivity index (χ4v) is 2.34. The first kappa shape index (κ1) is 21.9. The Morgan fingerprint density at radius 2 is 1.69 bits per heavy atom. The first-order chi connectivity index (χ1) is 12.5. The van der Waals surface area contributed by atoms with Gasteiger partial charge in [0.15, 0.2) is 17.5 Å². The zero-order valence-corrected chi connectivity index (χ0v) is 16.8. The molecule has 26 heavy (non-hydrogen) atoms. The van der Waals surface area contributed by atoms with Crippen molar-refractivity contribution in [2.75, 3.05) is 48.1 Å². The van der Waals surface area contributed by atoms with Crippen molar-refractivity contribution in [2.45, 2.75) is 26.8 Å². The average molecular weight is 367 g/mol.